The molecule has 2 aromatic carbocycles. The van der Waals surface area contributed by atoms with Crippen LogP contribution in [0.15, 0.2) is 53.0 Å². The number of benzene rings is 2. The van der Waals surface area contributed by atoms with Crippen LogP contribution in [0.1, 0.15) is 17.2 Å². The highest BCUT2D eigenvalue weighted by atomic mass is 79.9. The van der Waals surface area contributed by atoms with Crippen LogP contribution in [0.2, 0.25) is 0 Å². The quantitative estimate of drug-likeness (QED) is 0.931. The van der Waals surface area contributed by atoms with E-state index in [1.807, 2.05) is 24.3 Å². The molecule has 0 bridgehead atoms. The van der Waals surface area contributed by atoms with E-state index in [1.165, 1.54) is 11.1 Å². The molecule has 0 saturated heterocycles. The molecule has 1 heterocycles. The van der Waals surface area contributed by atoms with E-state index in [2.05, 4.69) is 45.5 Å². The molecule has 1 N–H and O–H groups in total. The third kappa shape index (κ3) is 2.99. The lowest BCUT2D eigenvalue weighted by molar-refractivity contribution is 0.261. The molecule has 0 amide bonds. The molecule has 0 fully saturated rings. The summed E-state index contributed by atoms with van der Waals surface area (Å²) in [6, 6.07) is 16.9. The molecule has 1 unspecified atom stereocenters. The van der Waals surface area contributed by atoms with Crippen LogP contribution >= 0.6 is 15.9 Å². The number of halogens is 1. The van der Waals surface area contributed by atoms with Crippen molar-refractivity contribution >= 4 is 15.9 Å². The summed E-state index contributed by atoms with van der Waals surface area (Å²) in [5.41, 5.74) is 2.80. The molecule has 1 aliphatic rings. The van der Waals surface area contributed by atoms with Gasteiger partial charge in [0.1, 0.15) is 12.4 Å². The van der Waals surface area contributed by atoms with Crippen LogP contribution in [0, 0.1) is 0 Å². The van der Waals surface area contributed by atoms with Crippen molar-refractivity contribution in [1.29, 1.82) is 0 Å². The maximum absolute atomic E-state index is 5.87. The van der Waals surface area contributed by atoms with Crippen molar-refractivity contribution in [2.24, 2.45) is 0 Å². The van der Waals surface area contributed by atoms with Crippen molar-refractivity contribution in [2.45, 2.75) is 12.5 Å². The van der Waals surface area contributed by atoms with Crippen LogP contribution in [-0.2, 0) is 6.42 Å². The fourth-order valence-electron chi connectivity index (χ4n) is 2.45. The summed E-state index contributed by atoms with van der Waals surface area (Å²) in [4.78, 5) is 0. The highest BCUT2D eigenvalue weighted by molar-refractivity contribution is 9.10. The van der Waals surface area contributed by atoms with Crippen molar-refractivity contribution in [3.8, 4) is 5.75 Å². The second-order valence-electron chi connectivity index (χ2n) is 4.72. The van der Waals surface area contributed by atoms with Crippen molar-refractivity contribution in [3.05, 3.63) is 64.1 Å². The molecule has 2 aromatic rings. The van der Waals surface area contributed by atoms with Gasteiger partial charge in [0.15, 0.2) is 0 Å². The summed E-state index contributed by atoms with van der Waals surface area (Å²) in [7, 11) is 0. The van der Waals surface area contributed by atoms with Crippen LogP contribution in [0.4, 0.5) is 0 Å². The van der Waals surface area contributed by atoms with Gasteiger partial charge in [0, 0.05) is 4.47 Å². The minimum absolute atomic E-state index is 0.286. The van der Waals surface area contributed by atoms with Gasteiger partial charge in [0.05, 0.1) is 6.04 Å². The molecule has 98 valence electrons. The van der Waals surface area contributed by atoms with E-state index < -0.39 is 0 Å². The van der Waals surface area contributed by atoms with E-state index in [-0.39, 0.29) is 6.04 Å². The second kappa shape index (κ2) is 5.76. The Labute approximate surface area is 121 Å². The molecule has 0 aliphatic carbocycles. The lowest BCUT2D eigenvalue weighted by Gasteiger charge is -2.26. The van der Waals surface area contributed by atoms with Gasteiger partial charge in [-0.05, 0) is 48.4 Å². The zero-order valence-electron chi connectivity index (χ0n) is 10.6. The third-order valence-corrected chi connectivity index (χ3v) is 3.97. The molecule has 3 heteroatoms. The standard InChI is InChI=1S/C16H16BrNO/c17-13-5-7-14(8-6-13)19-11-16-15-4-2-1-3-12(15)9-10-18-16/h1-8,16,18H,9-11H2. The average molecular weight is 318 g/mol. The molecular formula is C16H16BrNO. The molecule has 1 atom stereocenters. The van der Waals surface area contributed by atoms with E-state index in [9.17, 15) is 0 Å². The van der Waals surface area contributed by atoms with Crippen molar-refractivity contribution in [3.63, 3.8) is 0 Å². The van der Waals surface area contributed by atoms with Gasteiger partial charge in [-0.15, -0.1) is 0 Å². The maximum atomic E-state index is 5.87. The van der Waals surface area contributed by atoms with E-state index in [1.54, 1.807) is 0 Å². The number of hydrogen-bond donors (Lipinski definition) is 1. The Morgan fingerprint density at radius 2 is 1.89 bits per heavy atom. The molecule has 0 aromatic heterocycles. The van der Waals surface area contributed by atoms with E-state index in [0.29, 0.717) is 6.61 Å². The molecule has 0 radical (unpaired) electrons. The fraction of sp³-hybridized carbons (Fsp3) is 0.250. The van der Waals surface area contributed by atoms with Crippen molar-refractivity contribution in [2.75, 3.05) is 13.2 Å². The molecule has 1 aliphatic heterocycles. The van der Waals surface area contributed by atoms with Crippen molar-refractivity contribution < 1.29 is 4.74 Å². The third-order valence-electron chi connectivity index (χ3n) is 3.45. The predicted molar refractivity (Wildman–Crippen MR) is 80.5 cm³/mol. The minimum atomic E-state index is 0.286. The first kappa shape index (κ1) is 12.7. The van der Waals surface area contributed by atoms with Gasteiger partial charge >= 0.3 is 0 Å². The molecule has 0 spiro atoms. The van der Waals surface area contributed by atoms with Crippen LogP contribution < -0.4 is 10.1 Å². The van der Waals surface area contributed by atoms with Crippen LogP contribution in [0.3, 0.4) is 0 Å². The Kier molecular flexibility index (Phi) is 3.85. The molecule has 19 heavy (non-hydrogen) atoms. The first-order valence-electron chi connectivity index (χ1n) is 6.52. The van der Waals surface area contributed by atoms with Gasteiger partial charge in [-0.2, -0.15) is 0 Å². The highest BCUT2D eigenvalue weighted by Crippen LogP contribution is 2.24. The van der Waals surface area contributed by atoms with Crippen molar-refractivity contribution in [1.82, 2.24) is 5.32 Å². The van der Waals surface area contributed by atoms with Gasteiger partial charge in [0.2, 0.25) is 0 Å². The lowest BCUT2D eigenvalue weighted by Crippen LogP contribution is -2.33. The van der Waals surface area contributed by atoms with Gasteiger partial charge in [0.25, 0.3) is 0 Å². The first-order chi connectivity index (χ1) is 9.33. The second-order valence-corrected chi connectivity index (χ2v) is 5.64. The fourth-order valence-corrected chi connectivity index (χ4v) is 2.72. The topological polar surface area (TPSA) is 21.3 Å². The predicted octanol–water partition coefficient (Wildman–Crippen LogP) is 3.71. The Bertz CT molecular complexity index is 553. The number of hydrogen-bond acceptors (Lipinski definition) is 2. The summed E-state index contributed by atoms with van der Waals surface area (Å²) in [6.45, 7) is 1.68. The number of rotatable bonds is 3. The molecule has 2 nitrogen and oxygen atoms in total. The monoisotopic (exact) mass is 317 g/mol. The summed E-state index contributed by atoms with van der Waals surface area (Å²) >= 11 is 3.43. The number of fused-ring (bicyclic) bond motifs is 1. The first-order valence-corrected chi connectivity index (χ1v) is 7.32. The lowest BCUT2D eigenvalue weighted by atomic mass is 9.95. The maximum Gasteiger partial charge on any atom is 0.119 e. The van der Waals surface area contributed by atoms with Gasteiger partial charge in [-0.1, -0.05) is 40.2 Å². The average Bonchev–Trinajstić information content (AvgIpc) is 2.47. The zero-order valence-corrected chi connectivity index (χ0v) is 12.2. The Morgan fingerprint density at radius 3 is 2.74 bits per heavy atom. The zero-order chi connectivity index (χ0) is 13.1. The smallest absolute Gasteiger partial charge is 0.119 e. The minimum Gasteiger partial charge on any atom is -0.492 e. The van der Waals surface area contributed by atoms with E-state index in [4.69, 9.17) is 4.74 Å². The summed E-state index contributed by atoms with van der Waals surface area (Å²) in [5, 5.41) is 3.52. The summed E-state index contributed by atoms with van der Waals surface area (Å²) < 4.78 is 6.94. The Hall–Kier alpha value is -1.32. The number of ether oxygens (including phenoxy) is 1. The molecular weight excluding hydrogens is 302 g/mol. The SMILES string of the molecule is Brc1ccc(OCC2NCCc3ccccc32)cc1. The Morgan fingerprint density at radius 1 is 1.11 bits per heavy atom. The van der Waals surface area contributed by atoms with Gasteiger partial charge in [-0.3, -0.25) is 0 Å². The normalized spacial score (nSPS) is 17.8. The van der Waals surface area contributed by atoms with Crippen LogP contribution in [-0.4, -0.2) is 13.2 Å². The molecule has 0 saturated carbocycles. The largest absolute Gasteiger partial charge is 0.492 e. The van der Waals surface area contributed by atoms with E-state index in [0.717, 1.165) is 23.2 Å². The number of nitrogens with one attached hydrogen (secondary N) is 1. The molecule has 3 rings (SSSR count). The summed E-state index contributed by atoms with van der Waals surface area (Å²) in [6.07, 6.45) is 1.10. The van der Waals surface area contributed by atoms with Crippen LogP contribution in [0.25, 0.3) is 0 Å². The van der Waals surface area contributed by atoms with E-state index >= 15 is 0 Å². The Balaban J connectivity index is 1.69. The van der Waals surface area contributed by atoms with Gasteiger partial charge in [-0.25, -0.2) is 0 Å². The summed E-state index contributed by atoms with van der Waals surface area (Å²) in [5.74, 6) is 0.910. The van der Waals surface area contributed by atoms with Gasteiger partial charge < -0.3 is 10.1 Å². The highest BCUT2D eigenvalue weighted by Gasteiger charge is 2.19. The van der Waals surface area contributed by atoms with Crippen LogP contribution in [0.5, 0.6) is 5.75 Å².